The summed E-state index contributed by atoms with van der Waals surface area (Å²) in [7, 11) is -3.65. The fraction of sp³-hybridized carbons (Fsp3) is 0.333. The molecule has 1 saturated heterocycles. The third kappa shape index (κ3) is 5.09. The van der Waals surface area contributed by atoms with Gasteiger partial charge in [-0.05, 0) is 55.3 Å². The second kappa shape index (κ2) is 9.44. The van der Waals surface area contributed by atoms with Crippen LogP contribution in [0.4, 0.5) is 8.78 Å². The van der Waals surface area contributed by atoms with E-state index in [1.165, 1.54) is 28.6 Å². The molecule has 1 aliphatic heterocycles. The summed E-state index contributed by atoms with van der Waals surface area (Å²) >= 11 is 0. The minimum absolute atomic E-state index is 0.0392. The van der Waals surface area contributed by atoms with Gasteiger partial charge < -0.3 is 4.74 Å². The van der Waals surface area contributed by atoms with Crippen molar-refractivity contribution in [2.45, 2.75) is 30.6 Å². The summed E-state index contributed by atoms with van der Waals surface area (Å²) in [5, 5.41) is 0. The number of nitrogens with zero attached hydrogens (tertiary/aromatic N) is 1. The van der Waals surface area contributed by atoms with E-state index in [1.54, 1.807) is 0 Å². The van der Waals surface area contributed by atoms with Crippen molar-refractivity contribution in [3.8, 4) is 0 Å². The average molecular weight is 437 g/mol. The minimum atomic E-state index is -3.65. The molecule has 0 bridgehead atoms. The second-order valence-corrected chi connectivity index (χ2v) is 8.90. The fourth-order valence-corrected chi connectivity index (χ4v) is 4.71. The number of benzene rings is 2. The zero-order chi connectivity index (χ0) is 21.7. The lowest BCUT2D eigenvalue weighted by molar-refractivity contribution is 0.0473. The highest BCUT2D eigenvalue weighted by atomic mass is 32.2. The van der Waals surface area contributed by atoms with Crippen LogP contribution < -0.4 is 0 Å². The minimum Gasteiger partial charge on any atom is -0.454 e. The Balaban J connectivity index is 1.65. The van der Waals surface area contributed by atoms with Crippen LogP contribution in [0.25, 0.3) is 0 Å². The molecule has 3 rings (SSSR count). The smallest absolute Gasteiger partial charge is 0.338 e. The van der Waals surface area contributed by atoms with E-state index in [4.69, 9.17) is 4.74 Å². The van der Waals surface area contributed by atoms with Gasteiger partial charge in [-0.3, -0.25) is 4.79 Å². The van der Waals surface area contributed by atoms with Crippen LogP contribution in [0.1, 0.15) is 46.4 Å². The number of carbonyl (C=O) groups excluding carboxylic acids is 2. The van der Waals surface area contributed by atoms with Gasteiger partial charge in [-0.2, -0.15) is 4.31 Å². The molecule has 0 amide bonds. The lowest BCUT2D eigenvalue weighted by Gasteiger charge is -2.19. The van der Waals surface area contributed by atoms with Gasteiger partial charge in [-0.1, -0.05) is 12.8 Å². The Bertz CT molecular complexity index is 1030. The van der Waals surface area contributed by atoms with Crippen molar-refractivity contribution in [1.82, 2.24) is 4.31 Å². The van der Waals surface area contributed by atoms with E-state index < -0.39 is 45.6 Å². The molecule has 1 aliphatic rings. The van der Waals surface area contributed by atoms with Gasteiger partial charge in [0.1, 0.15) is 11.6 Å². The zero-order valence-corrected chi connectivity index (χ0v) is 17.0. The maximum Gasteiger partial charge on any atom is 0.338 e. The van der Waals surface area contributed by atoms with Crippen LogP contribution in [0.5, 0.6) is 0 Å². The summed E-state index contributed by atoms with van der Waals surface area (Å²) < 4.78 is 58.6. The van der Waals surface area contributed by atoms with Gasteiger partial charge >= 0.3 is 5.97 Å². The highest BCUT2D eigenvalue weighted by Crippen LogP contribution is 2.21. The van der Waals surface area contributed by atoms with Crippen LogP contribution in [0.15, 0.2) is 47.4 Å². The number of Topliss-reactive ketones (excluding diaryl/α,β-unsaturated/α-hetero) is 1. The number of carbonyl (C=O) groups is 2. The topological polar surface area (TPSA) is 80.8 Å². The van der Waals surface area contributed by atoms with Gasteiger partial charge in [0.25, 0.3) is 0 Å². The summed E-state index contributed by atoms with van der Waals surface area (Å²) in [5.74, 6) is -3.47. The molecular formula is C21H21F2NO5S. The number of rotatable bonds is 6. The van der Waals surface area contributed by atoms with Crippen LogP contribution in [-0.2, 0) is 14.8 Å². The Morgan fingerprint density at radius 3 is 2.20 bits per heavy atom. The monoisotopic (exact) mass is 437 g/mol. The highest BCUT2D eigenvalue weighted by Gasteiger charge is 2.25. The molecule has 0 aromatic heterocycles. The van der Waals surface area contributed by atoms with E-state index >= 15 is 0 Å². The predicted octanol–water partition coefficient (Wildman–Crippen LogP) is 3.57. The molecule has 2 aromatic carbocycles. The van der Waals surface area contributed by atoms with E-state index in [1.807, 2.05) is 0 Å². The number of esters is 1. The predicted molar refractivity (Wildman–Crippen MR) is 105 cm³/mol. The molecule has 1 heterocycles. The molecule has 160 valence electrons. The van der Waals surface area contributed by atoms with Crippen molar-refractivity contribution in [3.05, 3.63) is 65.2 Å². The molecular weight excluding hydrogens is 416 g/mol. The second-order valence-electron chi connectivity index (χ2n) is 6.97. The molecule has 9 heteroatoms. The molecule has 6 nitrogen and oxygen atoms in total. The van der Waals surface area contributed by atoms with Crippen LogP contribution in [0.2, 0.25) is 0 Å². The fourth-order valence-electron chi connectivity index (χ4n) is 3.20. The van der Waals surface area contributed by atoms with Crippen molar-refractivity contribution >= 4 is 21.8 Å². The molecule has 2 aromatic rings. The van der Waals surface area contributed by atoms with Crippen molar-refractivity contribution in [2.75, 3.05) is 19.7 Å². The highest BCUT2D eigenvalue weighted by molar-refractivity contribution is 7.89. The van der Waals surface area contributed by atoms with Gasteiger partial charge in [0.2, 0.25) is 15.8 Å². The molecule has 0 saturated carbocycles. The van der Waals surface area contributed by atoms with Crippen molar-refractivity contribution in [1.29, 1.82) is 0 Å². The maximum atomic E-state index is 13.6. The Morgan fingerprint density at radius 2 is 1.57 bits per heavy atom. The number of hydrogen-bond acceptors (Lipinski definition) is 5. The lowest BCUT2D eigenvalue weighted by Crippen LogP contribution is -2.31. The van der Waals surface area contributed by atoms with E-state index in [0.717, 1.165) is 43.9 Å². The van der Waals surface area contributed by atoms with Crippen LogP contribution in [-0.4, -0.2) is 44.2 Å². The Kier molecular flexibility index (Phi) is 6.94. The first kappa shape index (κ1) is 22.0. The number of halogens is 2. The summed E-state index contributed by atoms with van der Waals surface area (Å²) in [5.41, 5.74) is -0.473. The normalized spacial score (nSPS) is 15.4. The number of ether oxygens (including phenoxy) is 1. The van der Waals surface area contributed by atoms with E-state index in [9.17, 15) is 26.8 Å². The Morgan fingerprint density at radius 1 is 0.933 bits per heavy atom. The molecule has 0 spiro atoms. The molecule has 0 unspecified atom stereocenters. The maximum absolute atomic E-state index is 13.6. The van der Waals surface area contributed by atoms with Crippen molar-refractivity contribution in [3.63, 3.8) is 0 Å². The molecule has 0 aliphatic carbocycles. The first-order chi connectivity index (χ1) is 14.3. The van der Waals surface area contributed by atoms with E-state index in [2.05, 4.69) is 0 Å². The third-order valence-corrected chi connectivity index (χ3v) is 6.77. The van der Waals surface area contributed by atoms with E-state index in [-0.39, 0.29) is 10.5 Å². The van der Waals surface area contributed by atoms with Crippen LogP contribution in [0.3, 0.4) is 0 Å². The van der Waals surface area contributed by atoms with Gasteiger partial charge in [-0.15, -0.1) is 0 Å². The van der Waals surface area contributed by atoms with Gasteiger partial charge in [0, 0.05) is 13.1 Å². The number of ketones is 1. The zero-order valence-electron chi connectivity index (χ0n) is 16.1. The summed E-state index contributed by atoms with van der Waals surface area (Å²) in [6, 6.07) is 7.62. The van der Waals surface area contributed by atoms with E-state index in [0.29, 0.717) is 13.1 Å². The largest absolute Gasteiger partial charge is 0.454 e. The third-order valence-electron chi connectivity index (χ3n) is 4.86. The molecule has 0 N–H and O–H groups in total. The summed E-state index contributed by atoms with van der Waals surface area (Å²) in [6.07, 6.45) is 3.61. The van der Waals surface area contributed by atoms with Crippen LogP contribution >= 0.6 is 0 Å². The van der Waals surface area contributed by atoms with Crippen molar-refractivity contribution in [2.24, 2.45) is 0 Å². The first-order valence-corrected chi connectivity index (χ1v) is 11.0. The van der Waals surface area contributed by atoms with Crippen molar-refractivity contribution < 1.29 is 31.5 Å². The number of sulfonamides is 1. The summed E-state index contributed by atoms with van der Waals surface area (Å²) in [6.45, 7) is 0.156. The Hall–Kier alpha value is -2.65. The van der Waals surface area contributed by atoms with Gasteiger partial charge in [-0.25, -0.2) is 22.0 Å². The quantitative estimate of drug-likeness (QED) is 0.510. The van der Waals surface area contributed by atoms with Gasteiger partial charge in [0.15, 0.2) is 6.61 Å². The van der Waals surface area contributed by atoms with Gasteiger partial charge in [0.05, 0.1) is 16.0 Å². The molecule has 1 fully saturated rings. The Labute approximate surface area is 173 Å². The number of hydrogen-bond donors (Lipinski definition) is 0. The van der Waals surface area contributed by atoms with Crippen LogP contribution in [0, 0.1) is 11.6 Å². The molecule has 0 atom stereocenters. The summed E-state index contributed by atoms with van der Waals surface area (Å²) in [4.78, 5) is 24.2. The SMILES string of the molecule is O=C(OCC(=O)c1cc(F)ccc1F)c1ccc(S(=O)(=O)N2CCCCCC2)cc1. The molecule has 30 heavy (non-hydrogen) atoms. The lowest BCUT2D eigenvalue weighted by atomic mass is 10.1. The molecule has 0 radical (unpaired) electrons. The average Bonchev–Trinajstić information content (AvgIpc) is 3.04. The first-order valence-electron chi connectivity index (χ1n) is 9.54. The standard InChI is InChI=1S/C21H21F2NO5S/c22-16-7-10-19(23)18(13-16)20(25)14-29-21(26)15-5-8-17(9-6-15)30(27,28)24-11-3-1-2-4-12-24/h5-10,13H,1-4,11-12,14H2.